The molecule has 17 heavy (non-hydrogen) atoms. The van der Waals surface area contributed by atoms with Crippen LogP contribution < -0.4 is 10.5 Å². The van der Waals surface area contributed by atoms with Crippen LogP contribution in [-0.4, -0.2) is 13.4 Å². The first-order valence-corrected chi connectivity index (χ1v) is 7.13. The number of nitrogens with zero attached hydrogens (tertiary/aromatic N) is 1. The van der Waals surface area contributed by atoms with Crippen LogP contribution in [0.3, 0.4) is 0 Å². The lowest BCUT2D eigenvalue weighted by molar-refractivity contribution is 0.603. The SMILES string of the molecule is Cc1ccnc(NS(=O)(=O)c2cc(N)cs2)c1. The van der Waals surface area contributed by atoms with Crippen LogP contribution in [0.2, 0.25) is 0 Å². The maximum absolute atomic E-state index is 11.9. The molecule has 2 aromatic rings. The maximum Gasteiger partial charge on any atom is 0.272 e. The first kappa shape index (κ1) is 11.9. The first-order chi connectivity index (χ1) is 7.97. The Balaban J connectivity index is 2.29. The summed E-state index contributed by atoms with van der Waals surface area (Å²) in [5, 5.41) is 1.58. The summed E-state index contributed by atoms with van der Waals surface area (Å²) in [6.45, 7) is 1.86. The van der Waals surface area contributed by atoms with Gasteiger partial charge in [0.25, 0.3) is 10.0 Å². The predicted molar refractivity (Wildman–Crippen MR) is 68.5 cm³/mol. The lowest BCUT2D eigenvalue weighted by Gasteiger charge is -2.05. The van der Waals surface area contributed by atoms with Gasteiger partial charge in [0.2, 0.25) is 0 Å². The molecule has 0 aromatic carbocycles. The van der Waals surface area contributed by atoms with Crippen LogP contribution in [0.1, 0.15) is 5.56 Å². The molecule has 2 rings (SSSR count). The number of aromatic nitrogens is 1. The largest absolute Gasteiger partial charge is 0.398 e. The van der Waals surface area contributed by atoms with Gasteiger partial charge in [-0.2, -0.15) is 0 Å². The molecule has 0 unspecified atom stereocenters. The second-order valence-electron chi connectivity index (χ2n) is 3.52. The number of thiophene rings is 1. The molecule has 5 nitrogen and oxygen atoms in total. The van der Waals surface area contributed by atoms with E-state index in [0.717, 1.165) is 16.9 Å². The van der Waals surface area contributed by atoms with Crippen molar-refractivity contribution in [3.8, 4) is 0 Å². The lowest BCUT2D eigenvalue weighted by atomic mass is 10.3. The molecule has 0 spiro atoms. The predicted octanol–water partition coefficient (Wildman–Crippen LogP) is 1.83. The first-order valence-electron chi connectivity index (χ1n) is 4.77. The van der Waals surface area contributed by atoms with Crippen LogP contribution in [0.4, 0.5) is 11.5 Å². The molecule has 90 valence electrons. The van der Waals surface area contributed by atoms with Crippen LogP contribution in [0.15, 0.2) is 34.0 Å². The third-order valence-corrected chi connectivity index (χ3v) is 4.83. The Hall–Kier alpha value is -1.60. The highest BCUT2D eigenvalue weighted by molar-refractivity contribution is 7.94. The van der Waals surface area contributed by atoms with Gasteiger partial charge in [-0.3, -0.25) is 4.72 Å². The zero-order chi connectivity index (χ0) is 12.5. The molecule has 0 fully saturated rings. The number of nitrogen functional groups attached to an aromatic ring is 1. The summed E-state index contributed by atoms with van der Waals surface area (Å²) in [6, 6.07) is 4.87. The molecule has 2 aromatic heterocycles. The van der Waals surface area contributed by atoms with E-state index in [2.05, 4.69) is 9.71 Å². The quantitative estimate of drug-likeness (QED) is 0.890. The van der Waals surface area contributed by atoms with Crippen molar-refractivity contribution < 1.29 is 8.42 Å². The minimum Gasteiger partial charge on any atom is -0.398 e. The van der Waals surface area contributed by atoms with Gasteiger partial charge in [-0.05, 0) is 30.7 Å². The summed E-state index contributed by atoms with van der Waals surface area (Å²) in [4.78, 5) is 3.94. The fourth-order valence-corrected chi connectivity index (χ4v) is 3.33. The number of sulfonamides is 1. The van der Waals surface area contributed by atoms with E-state index < -0.39 is 10.0 Å². The van der Waals surface area contributed by atoms with Crippen molar-refractivity contribution in [3.63, 3.8) is 0 Å². The Kier molecular flexibility index (Phi) is 3.03. The van der Waals surface area contributed by atoms with Gasteiger partial charge in [0.1, 0.15) is 10.0 Å². The molecule has 0 bridgehead atoms. The molecule has 0 radical (unpaired) electrons. The van der Waals surface area contributed by atoms with Crippen molar-refractivity contribution in [2.45, 2.75) is 11.1 Å². The molecule has 7 heteroatoms. The number of hydrogen-bond donors (Lipinski definition) is 2. The van der Waals surface area contributed by atoms with Gasteiger partial charge < -0.3 is 5.73 Å². The average Bonchev–Trinajstić information content (AvgIpc) is 2.65. The number of anilines is 2. The summed E-state index contributed by atoms with van der Waals surface area (Å²) in [6.07, 6.45) is 1.55. The average molecular weight is 269 g/mol. The topological polar surface area (TPSA) is 85.1 Å². The summed E-state index contributed by atoms with van der Waals surface area (Å²) < 4.78 is 26.4. The van der Waals surface area contributed by atoms with Gasteiger partial charge in [-0.15, -0.1) is 11.3 Å². The molecule has 2 heterocycles. The minimum absolute atomic E-state index is 0.179. The van der Waals surface area contributed by atoms with E-state index in [1.54, 1.807) is 23.7 Å². The van der Waals surface area contributed by atoms with Crippen molar-refractivity contribution in [1.82, 2.24) is 4.98 Å². The molecule has 0 aliphatic heterocycles. The Morgan fingerprint density at radius 1 is 1.41 bits per heavy atom. The molecule has 0 aliphatic rings. The number of hydrogen-bond acceptors (Lipinski definition) is 5. The second kappa shape index (κ2) is 4.34. The molecule has 0 atom stereocenters. The van der Waals surface area contributed by atoms with E-state index in [9.17, 15) is 8.42 Å². The highest BCUT2D eigenvalue weighted by atomic mass is 32.2. The Morgan fingerprint density at radius 3 is 2.76 bits per heavy atom. The van der Waals surface area contributed by atoms with Crippen molar-refractivity contribution >= 4 is 32.9 Å². The van der Waals surface area contributed by atoms with Gasteiger partial charge in [-0.25, -0.2) is 13.4 Å². The smallest absolute Gasteiger partial charge is 0.272 e. The summed E-state index contributed by atoms with van der Waals surface area (Å²) in [5.41, 5.74) is 6.87. The standard InChI is InChI=1S/C10H11N3O2S2/c1-7-2-3-12-9(4-7)13-17(14,15)10-5-8(11)6-16-10/h2-6H,11H2,1H3,(H,12,13). The van der Waals surface area contributed by atoms with Crippen LogP contribution in [0, 0.1) is 6.92 Å². The number of nitrogens with two attached hydrogens (primary N) is 1. The fraction of sp³-hybridized carbons (Fsp3) is 0.100. The van der Waals surface area contributed by atoms with E-state index in [0.29, 0.717) is 11.5 Å². The van der Waals surface area contributed by atoms with E-state index in [1.165, 1.54) is 6.07 Å². The lowest BCUT2D eigenvalue weighted by Crippen LogP contribution is -2.12. The zero-order valence-electron chi connectivity index (χ0n) is 9.04. The normalized spacial score (nSPS) is 11.4. The van der Waals surface area contributed by atoms with Crippen molar-refractivity contribution in [3.05, 3.63) is 35.3 Å². The molecular weight excluding hydrogens is 258 g/mol. The van der Waals surface area contributed by atoms with E-state index in [1.807, 2.05) is 6.92 Å². The number of nitrogens with one attached hydrogen (secondary N) is 1. The van der Waals surface area contributed by atoms with E-state index in [4.69, 9.17) is 5.73 Å². The van der Waals surface area contributed by atoms with Crippen LogP contribution in [0.5, 0.6) is 0 Å². The fourth-order valence-electron chi connectivity index (χ4n) is 1.25. The van der Waals surface area contributed by atoms with Crippen LogP contribution in [-0.2, 0) is 10.0 Å². The van der Waals surface area contributed by atoms with Crippen molar-refractivity contribution in [1.29, 1.82) is 0 Å². The number of pyridine rings is 1. The van der Waals surface area contributed by atoms with Crippen molar-refractivity contribution in [2.75, 3.05) is 10.5 Å². The number of aryl methyl sites for hydroxylation is 1. The highest BCUT2D eigenvalue weighted by Crippen LogP contribution is 2.23. The Morgan fingerprint density at radius 2 is 2.18 bits per heavy atom. The van der Waals surface area contributed by atoms with Crippen LogP contribution in [0.25, 0.3) is 0 Å². The third kappa shape index (κ3) is 2.75. The van der Waals surface area contributed by atoms with Gasteiger partial charge in [-0.1, -0.05) is 0 Å². The summed E-state index contributed by atoms with van der Waals surface area (Å²) in [5.74, 6) is 0.303. The highest BCUT2D eigenvalue weighted by Gasteiger charge is 2.16. The molecule has 0 amide bonds. The van der Waals surface area contributed by atoms with Crippen LogP contribution >= 0.6 is 11.3 Å². The minimum atomic E-state index is -3.58. The monoisotopic (exact) mass is 269 g/mol. The Bertz CT molecular complexity index is 635. The molecule has 0 saturated heterocycles. The van der Waals surface area contributed by atoms with Gasteiger partial charge in [0.15, 0.2) is 0 Å². The van der Waals surface area contributed by atoms with E-state index >= 15 is 0 Å². The van der Waals surface area contributed by atoms with Gasteiger partial charge in [0.05, 0.1) is 0 Å². The van der Waals surface area contributed by atoms with Gasteiger partial charge in [0, 0.05) is 17.3 Å². The third-order valence-electron chi connectivity index (χ3n) is 2.01. The van der Waals surface area contributed by atoms with Crippen molar-refractivity contribution in [2.24, 2.45) is 0 Å². The molecule has 0 aliphatic carbocycles. The maximum atomic E-state index is 11.9. The van der Waals surface area contributed by atoms with Gasteiger partial charge >= 0.3 is 0 Å². The summed E-state index contributed by atoms with van der Waals surface area (Å²) in [7, 11) is -3.58. The molecule has 3 N–H and O–H groups in total. The summed E-state index contributed by atoms with van der Waals surface area (Å²) >= 11 is 1.08. The Labute approximate surface area is 103 Å². The molecular formula is C10H11N3O2S2. The number of rotatable bonds is 3. The second-order valence-corrected chi connectivity index (χ2v) is 6.34. The molecule has 0 saturated carbocycles. The zero-order valence-corrected chi connectivity index (χ0v) is 10.7. The van der Waals surface area contributed by atoms with E-state index in [-0.39, 0.29) is 4.21 Å².